The fourth-order valence-electron chi connectivity index (χ4n) is 1.22. The summed E-state index contributed by atoms with van der Waals surface area (Å²) < 4.78 is 0. The van der Waals surface area contributed by atoms with E-state index < -0.39 is 11.9 Å². The third-order valence-electron chi connectivity index (χ3n) is 2.21. The summed E-state index contributed by atoms with van der Waals surface area (Å²) in [6, 6.07) is 0. The second kappa shape index (κ2) is 7.87. The van der Waals surface area contributed by atoms with E-state index in [1.54, 1.807) is 17.9 Å². The maximum Gasteiger partial charge on any atom is 0.307 e. The maximum absolute atomic E-state index is 11.4. The predicted molar refractivity (Wildman–Crippen MR) is 62.1 cm³/mol. The first-order valence-electron chi connectivity index (χ1n) is 5.34. The Bertz CT molecular complexity index is 254. The van der Waals surface area contributed by atoms with Gasteiger partial charge in [0.15, 0.2) is 0 Å². The van der Waals surface area contributed by atoms with Crippen LogP contribution < -0.4 is 5.32 Å². The van der Waals surface area contributed by atoms with Crippen LogP contribution in [0.5, 0.6) is 0 Å². The summed E-state index contributed by atoms with van der Waals surface area (Å²) in [5.41, 5.74) is 0. The summed E-state index contributed by atoms with van der Waals surface area (Å²) in [4.78, 5) is 23.8. The SMILES string of the molecule is C=CCNC(=O)CN(CC)CC(C)C(=O)O. The van der Waals surface area contributed by atoms with Gasteiger partial charge in [-0.05, 0) is 6.54 Å². The highest BCUT2D eigenvalue weighted by molar-refractivity contribution is 5.78. The molecule has 0 spiro atoms. The summed E-state index contributed by atoms with van der Waals surface area (Å²) in [6.07, 6.45) is 1.61. The van der Waals surface area contributed by atoms with Crippen molar-refractivity contribution in [1.29, 1.82) is 0 Å². The molecule has 0 aliphatic rings. The van der Waals surface area contributed by atoms with Crippen molar-refractivity contribution in [3.05, 3.63) is 12.7 Å². The first kappa shape index (κ1) is 14.6. The zero-order valence-electron chi connectivity index (χ0n) is 9.90. The molecule has 2 N–H and O–H groups in total. The van der Waals surface area contributed by atoms with E-state index in [0.717, 1.165) is 0 Å². The Morgan fingerprint density at radius 2 is 2.19 bits per heavy atom. The van der Waals surface area contributed by atoms with Crippen LogP contribution in [0.1, 0.15) is 13.8 Å². The first-order valence-corrected chi connectivity index (χ1v) is 5.34. The third kappa shape index (κ3) is 6.19. The van der Waals surface area contributed by atoms with Crippen molar-refractivity contribution in [2.75, 3.05) is 26.2 Å². The molecule has 5 nitrogen and oxygen atoms in total. The van der Waals surface area contributed by atoms with E-state index in [2.05, 4.69) is 11.9 Å². The number of carbonyl (C=O) groups excluding carboxylic acids is 1. The first-order chi connectivity index (χ1) is 7.51. The molecule has 0 aliphatic heterocycles. The maximum atomic E-state index is 11.4. The van der Waals surface area contributed by atoms with Crippen molar-refractivity contribution in [2.45, 2.75) is 13.8 Å². The van der Waals surface area contributed by atoms with Crippen LogP contribution in [0.15, 0.2) is 12.7 Å². The molecule has 1 atom stereocenters. The van der Waals surface area contributed by atoms with Crippen LogP contribution in [0.25, 0.3) is 0 Å². The van der Waals surface area contributed by atoms with Gasteiger partial charge in [0.2, 0.25) is 5.91 Å². The predicted octanol–water partition coefficient (Wildman–Crippen LogP) is 0.331. The summed E-state index contributed by atoms with van der Waals surface area (Å²) in [5, 5.41) is 11.4. The van der Waals surface area contributed by atoms with E-state index in [1.807, 2.05) is 6.92 Å². The minimum absolute atomic E-state index is 0.112. The number of aliphatic carboxylic acids is 1. The number of hydrogen-bond acceptors (Lipinski definition) is 3. The largest absolute Gasteiger partial charge is 0.481 e. The van der Waals surface area contributed by atoms with Crippen molar-refractivity contribution < 1.29 is 14.7 Å². The van der Waals surface area contributed by atoms with Gasteiger partial charge in [-0.2, -0.15) is 0 Å². The van der Waals surface area contributed by atoms with E-state index in [9.17, 15) is 9.59 Å². The van der Waals surface area contributed by atoms with Gasteiger partial charge in [-0.25, -0.2) is 0 Å². The smallest absolute Gasteiger partial charge is 0.307 e. The molecule has 0 saturated heterocycles. The molecular formula is C11H20N2O3. The highest BCUT2D eigenvalue weighted by atomic mass is 16.4. The molecule has 0 bridgehead atoms. The molecule has 0 aromatic carbocycles. The van der Waals surface area contributed by atoms with E-state index in [0.29, 0.717) is 19.6 Å². The molecule has 16 heavy (non-hydrogen) atoms. The minimum Gasteiger partial charge on any atom is -0.481 e. The molecule has 0 aromatic rings. The standard InChI is InChI=1S/C11H20N2O3/c1-4-6-12-10(14)8-13(5-2)7-9(3)11(15)16/h4,9H,1,5-8H2,2-3H3,(H,12,14)(H,15,16). The fourth-order valence-corrected chi connectivity index (χ4v) is 1.22. The molecule has 0 rings (SSSR count). The molecule has 5 heteroatoms. The monoisotopic (exact) mass is 228 g/mol. The van der Waals surface area contributed by atoms with E-state index >= 15 is 0 Å². The molecule has 1 unspecified atom stereocenters. The molecule has 0 radical (unpaired) electrons. The van der Waals surface area contributed by atoms with E-state index in [1.165, 1.54) is 0 Å². The van der Waals surface area contributed by atoms with Gasteiger partial charge in [-0.3, -0.25) is 14.5 Å². The van der Waals surface area contributed by atoms with Crippen molar-refractivity contribution in [2.24, 2.45) is 5.92 Å². The van der Waals surface area contributed by atoms with Crippen LogP contribution in [0.3, 0.4) is 0 Å². The van der Waals surface area contributed by atoms with Gasteiger partial charge in [0.1, 0.15) is 0 Å². The Kier molecular flexibility index (Phi) is 7.20. The highest BCUT2D eigenvalue weighted by Crippen LogP contribution is 1.99. The van der Waals surface area contributed by atoms with Crippen LogP contribution in [0, 0.1) is 5.92 Å². The third-order valence-corrected chi connectivity index (χ3v) is 2.21. The summed E-state index contributed by atoms with van der Waals surface area (Å²) in [6.45, 7) is 8.72. The fraction of sp³-hybridized carbons (Fsp3) is 0.636. The zero-order valence-corrected chi connectivity index (χ0v) is 9.90. The number of amides is 1. The average Bonchev–Trinajstić information content (AvgIpc) is 2.24. The van der Waals surface area contributed by atoms with Gasteiger partial charge < -0.3 is 10.4 Å². The molecular weight excluding hydrogens is 208 g/mol. The number of nitrogens with zero attached hydrogens (tertiary/aromatic N) is 1. The van der Waals surface area contributed by atoms with E-state index in [4.69, 9.17) is 5.11 Å². The minimum atomic E-state index is -0.843. The van der Waals surface area contributed by atoms with Crippen molar-refractivity contribution in [3.63, 3.8) is 0 Å². The lowest BCUT2D eigenvalue weighted by Gasteiger charge is -2.21. The lowest BCUT2D eigenvalue weighted by atomic mass is 10.1. The van der Waals surface area contributed by atoms with Gasteiger partial charge in [0.25, 0.3) is 0 Å². The van der Waals surface area contributed by atoms with Crippen LogP contribution in [-0.4, -0.2) is 48.1 Å². The zero-order chi connectivity index (χ0) is 12.6. The lowest BCUT2D eigenvalue weighted by molar-refractivity contribution is -0.142. The summed E-state index contributed by atoms with van der Waals surface area (Å²) in [5.74, 6) is -1.42. The molecule has 0 aromatic heterocycles. The van der Waals surface area contributed by atoms with Gasteiger partial charge in [-0.1, -0.05) is 19.9 Å². The van der Waals surface area contributed by atoms with Gasteiger partial charge in [0, 0.05) is 13.1 Å². The van der Waals surface area contributed by atoms with E-state index in [-0.39, 0.29) is 12.5 Å². The Morgan fingerprint density at radius 1 is 1.56 bits per heavy atom. The topological polar surface area (TPSA) is 69.6 Å². The number of likely N-dealkylation sites (N-methyl/N-ethyl adjacent to an activating group) is 1. The molecule has 0 fully saturated rings. The van der Waals surface area contributed by atoms with Gasteiger partial charge in [-0.15, -0.1) is 6.58 Å². The highest BCUT2D eigenvalue weighted by Gasteiger charge is 2.16. The normalized spacial score (nSPS) is 12.2. The number of carboxylic acid groups (broad SMARTS) is 1. The molecule has 0 aliphatic carbocycles. The lowest BCUT2D eigenvalue weighted by Crippen LogP contribution is -2.40. The van der Waals surface area contributed by atoms with Gasteiger partial charge in [0.05, 0.1) is 12.5 Å². The average molecular weight is 228 g/mol. The number of carboxylic acids is 1. The molecule has 1 amide bonds. The molecule has 0 saturated carbocycles. The number of nitrogens with one attached hydrogen (secondary N) is 1. The van der Waals surface area contributed by atoms with Crippen molar-refractivity contribution in [1.82, 2.24) is 10.2 Å². The Labute approximate surface area is 96.1 Å². The van der Waals surface area contributed by atoms with Gasteiger partial charge >= 0.3 is 5.97 Å². The number of hydrogen-bond donors (Lipinski definition) is 2. The Morgan fingerprint density at radius 3 is 2.62 bits per heavy atom. The van der Waals surface area contributed by atoms with Crippen LogP contribution in [0.4, 0.5) is 0 Å². The summed E-state index contributed by atoms with van der Waals surface area (Å²) >= 11 is 0. The second-order valence-electron chi connectivity index (χ2n) is 3.66. The van der Waals surface area contributed by atoms with Crippen LogP contribution in [-0.2, 0) is 9.59 Å². The second-order valence-corrected chi connectivity index (χ2v) is 3.66. The molecule has 0 heterocycles. The Balaban J connectivity index is 4.04. The molecule has 92 valence electrons. The van der Waals surface area contributed by atoms with Crippen LogP contribution >= 0.6 is 0 Å². The quantitative estimate of drug-likeness (QED) is 0.587. The Hall–Kier alpha value is -1.36. The van der Waals surface area contributed by atoms with Crippen molar-refractivity contribution >= 4 is 11.9 Å². The number of rotatable bonds is 8. The van der Waals surface area contributed by atoms with Crippen molar-refractivity contribution in [3.8, 4) is 0 Å². The summed E-state index contributed by atoms with van der Waals surface area (Å²) in [7, 11) is 0. The van der Waals surface area contributed by atoms with Crippen LogP contribution in [0.2, 0.25) is 0 Å². The number of carbonyl (C=O) groups is 2.